The van der Waals surface area contributed by atoms with E-state index >= 15 is 0 Å². The smallest absolute Gasteiger partial charge is 0.305 e. The predicted octanol–water partition coefficient (Wildman–Crippen LogP) is 20.6. The number of hydrogen-bond acceptors (Lipinski definition) is 5. The third kappa shape index (κ3) is 57.6. The maximum absolute atomic E-state index is 12.5. The summed E-state index contributed by atoms with van der Waals surface area (Å²) in [6.07, 6.45) is 76.5. The van der Waals surface area contributed by atoms with Gasteiger partial charge < -0.3 is 20.3 Å². The third-order valence-corrected chi connectivity index (χ3v) is 15.2. The van der Waals surface area contributed by atoms with Gasteiger partial charge in [0.2, 0.25) is 5.91 Å². The molecule has 0 rings (SSSR count). The van der Waals surface area contributed by atoms with E-state index in [9.17, 15) is 19.8 Å². The number of amides is 1. The molecule has 6 heteroatoms. The number of aliphatic hydroxyl groups is 2. The number of ether oxygens (including phenoxy) is 1. The number of esters is 1. The Balaban J connectivity index is 3.42. The van der Waals surface area contributed by atoms with E-state index in [1.807, 2.05) is 6.08 Å². The summed E-state index contributed by atoms with van der Waals surface area (Å²) in [6.45, 7) is 4.92. The highest BCUT2D eigenvalue weighted by Gasteiger charge is 2.18. The first-order valence-corrected chi connectivity index (χ1v) is 32.6. The predicted molar refractivity (Wildman–Crippen MR) is 315 cm³/mol. The van der Waals surface area contributed by atoms with Crippen LogP contribution in [-0.4, -0.2) is 47.4 Å². The number of rotatable bonds is 61. The Morgan fingerprint density at radius 2 is 0.653 bits per heavy atom. The quantitative estimate of drug-likeness (QED) is 0.0320. The van der Waals surface area contributed by atoms with Gasteiger partial charge in [0, 0.05) is 12.8 Å². The van der Waals surface area contributed by atoms with E-state index in [0.29, 0.717) is 19.4 Å². The lowest BCUT2D eigenvalue weighted by atomic mass is 10.0. The minimum atomic E-state index is -0.847. The molecule has 0 aromatic heterocycles. The van der Waals surface area contributed by atoms with Crippen molar-refractivity contribution in [3.8, 4) is 0 Å². The molecular weight excluding hydrogens is 887 g/mol. The Morgan fingerprint density at radius 3 is 0.986 bits per heavy atom. The molecule has 0 aliphatic heterocycles. The van der Waals surface area contributed by atoms with Crippen LogP contribution in [0.1, 0.15) is 361 Å². The van der Waals surface area contributed by atoms with Crippen molar-refractivity contribution in [2.45, 2.75) is 373 Å². The van der Waals surface area contributed by atoms with Crippen LogP contribution in [-0.2, 0) is 14.3 Å². The van der Waals surface area contributed by atoms with Crippen LogP contribution in [0.25, 0.3) is 0 Å². The Kier molecular flexibility index (Phi) is 60.5. The molecule has 0 heterocycles. The van der Waals surface area contributed by atoms with Crippen LogP contribution in [0.4, 0.5) is 0 Å². The van der Waals surface area contributed by atoms with Crippen LogP contribution in [0.5, 0.6) is 0 Å². The van der Waals surface area contributed by atoms with Crippen molar-refractivity contribution >= 4 is 11.9 Å². The molecule has 6 nitrogen and oxygen atoms in total. The minimum absolute atomic E-state index is 0.00567. The third-order valence-electron chi connectivity index (χ3n) is 15.2. The Hall–Kier alpha value is -1.66. The van der Waals surface area contributed by atoms with Gasteiger partial charge in [-0.2, -0.15) is 0 Å². The average Bonchev–Trinajstić information content (AvgIpc) is 3.38. The first-order chi connectivity index (χ1) is 35.5. The summed E-state index contributed by atoms with van der Waals surface area (Å²) < 4.78 is 5.49. The molecule has 1 amide bonds. The number of hydrogen-bond donors (Lipinski definition) is 3. The van der Waals surface area contributed by atoms with Crippen molar-refractivity contribution in [1.82, 2.24) is 5.32 Å². The summed E-state index contributed by atoms with van der Waals surface area (Å²) in [5, 5.41) is 23.2. The van der Waals surface area contributed by atoms with Crippen LogP contribution < -0.4 is 5.32 Å². The lowest BCUT2D eigenvalue weighted by Crippen LogP contribution is -2.45. The Bertz CT molecular complexity index is 1120. The summed E-state index contributed by atoms with van der Waals surface area (Å²) in [7, 11) is 0. The van der Waals surface area contributed by atoms with E-state index in [4.69, 9.17) is 4.74 Å². The molecule has 0 aromatic carbocycles. The van der Waals surface area contributed by atoms with Gasteiger partial charge in [-0.15, -0.1) is 0 Å². The molecule has 0 fully saturated rings. The molecule has 0 bridgehead atoms. The fourth-order valence-corrected chi connectivity index (χ4v) is 10.2. The van der Waals surface area contributed by atoms with Crippen LogP contribution in [0.15, 0.2) is 24.3 Å². The number of unbranched alkanes of at least 4 members (excludes halogenated alkanes) is 48. The van der Waals surface area contributed by atoms with Crippen LogP contribution in [0.3, 0.4) is 0 Å². The number of allylic oxidation sites excluding steroid dienone is 3. The fourth-order valence-electron chi connectivity index (χ4n) is 10.2. The van der Waals surface area contributed by atoms with Crippen LogP contribution in [0, 0.1) is 0 Å². The number of nitrogens with one attached hydrogen (secondary N) is 1. The van der Waals surface area contributed by atoms with E-state index in [0.717, 1.165) is 44.9 Å². The van der Waals surface area contributed by atoms with E-state index in [1.165, 1.54) is 289 Å². The van der Waals surface area contributed by atoms with Crippen molar-refractivity contribution in [2.24, 2.45) is 0 Å². The highest BCUT2D eigenvalue weighted by atomic mass is 16.5. The van der Waals surface area contributed by atoms with Crippen molar-refractivity contribution in [3.63, 3.8) is 0 Å². The summed E-state index contributed by atoms with van der Waals surface area (Å²) in [5.41, 5.74) is 0. The van der Waals surface area contributed by atoms with Gasteiger partial charge >= 0.3 is 5.97 Å². The summed E-state index contributed by atoms with van der Waals surface area (Å²) in [5.74, 6) is -0.0621. The second-order valence-corrected chi connectivity index (χ2v) is 22.5. The average molecular weight is 1010 g/mol. The molecule has 0 spiro atoms. The molecule has 2 atom stereocenters. The highest BCUT2D eigenvalue weighted by Crippen LogP contribution is 2.18. The first-order valence-electron chi connectivity index (χ1n) is 32.6. The second-order valence-electron chi connectivity index (χ2n) is 22.5. The van der Waals surface area contributed by atoms with Gasteiger partial charge in [0.05, 0.1) is 25.4 Å². The summed E-state index contributed by atoms with van der Waals surface area (Å²) in [6, 6.07) is -0.631. The maximum atomic E-state index is 12.5. The molecule has 3 N–H and O–H groups in total. The second kappa shape index (κ2) is 61.9. The van der Waals surface area contributed by atoms with Gasteiger partial charge in [-0.3, -0.25) is 9.59 Å². The SMILES string of the molecule is CCCCCCCC/C=C\CCCCCCCCCC(=O)OCCCCCCCCCCCCCCCCCCCCCC(=O)NC(CO)C(O)/C=C/CCCCCCCCCCCCCCCCCCC. The van der Waals surface area contributed by atoms with Crippen molar-refractivity contribution in [2.75, 3.05) is 13.2 Å². The number of carbonyl (C=O) groups excluding carboxylic acids is 2. The minimum Gasteiger partial charge on any atom is -0.466 e. The van der Waals surface area contributed by atoms with Crippen molar-refractivity contribution in [1.29, 1.82) is 0 Å². The molecule has 0 aliphatic rings. The molecular formula is C66H127NO5. The normalized spacial score (nSPS) is 12.7. The van der Waals surface area contributed by atoms with E-state index < -0.39 is 12.1 Å². The lowest BCUT2D eigenvalue weighted by molar-refractivity contribution is -0.143. The van der Waals surface area contributed by atoms with Gasteiger partial charge in [0.15, 0.2) is 0 Å². The number of carbonyl (C=O) groups is 2. The van der Waals surface area contributed by atoms with Crippen LogP contribution in [0.2, 0.25) is 0 Å². The molecule has 0 saturated heterocycles. The standard InChI is InChI=1S/C66H127NO5/c1-3-5-7-9-11-13-15-17-19-21-23-27-30-34-38-42-46-50-54-58-64(69)63(62-68)67-65(70)59-55-51-47-43-39-35-31-28-24-22-25-29-33-37-41-45-49-53-57-61-72-66(71)60-56-52-48-44-40-36-32-26-20-18-16-14-12-10-8-6-4-2/h18,20,54,58,63-64,68-69H,3-17,19,21-53,55-57,59-62H2,1-2H3,(H,67,70)/b20-18-,58-54+. The van der Waals surface area contributed by atoms with Crippen molar-refractivity contribution in [3.05, 3.63) is 24.3 Å². The molecule has 0 saturated carbocycles. The van der Waals surface area contributed by atoms with Gasteiger partial charge in [-0.1, -0.05) is 314 Å². The van der Waals surface area contributed by atoms with Gasteiger partial charge in [-0.05, 0) is 57.8 Å². The Labute approximate surface area is 450 Å². The van der Waals surface area contributed by atoms with Crippen molar-refractivity contribution < 1.29 is 24.5 Å². The van der Waals surface area contributed by atoms with Gasteiger partial charge in [-0.25, -0.2) is 0 Å². The molecule has 426 valence electrons. The molecule has 72 heavy (non-hydrogen) atoms. The Morgan fingerprint density at radius 1 is 0.375 bits per heavy atom. The molecule has 0 aromatic rings. The van der Waals surface area contributed by atoms with Gasteiger partial charge in [0.25, 0.3) is 0 Å². The zero-order valence-electron chi connectivity index (χ0n) is 48.7. The summed E-state index contributed by atoms with van der Waals surface area (Å²) >= 11 is 0. The maximum Gasteiger partial charge on any atom is 0.305 e. The first kappa shape index (κ1) is 70.3. The van der Waals surface area contributed by atoms with Crippen LogP contribution >= 0.6 is 0 Å². The highest BCUT2D eigenvalue weighted by molar-refractivity contribution is 5.76. The fraction of sp³-hybridized carbons (Fsp3) is 0.909. The van der Waals surface area contributed by atoms with Gasteiger partial charge in [0.1, 0.15) is 0 Å². The largest absolute Gasteiger partial charge is 0.466 e. The molecule has 0 radical (unpaired) electrons. The zero-order valence-corrected chi connectivity index (χ0v) is 48.7. The van der Waals surface area contributed by atoms with E-state index in [2.05, 4.69) is 31.3 Å². The molecule has 2 unspecified atom stereocenters. The van der Waals surface area contributed by atoms with E-state index in [1.54, 1.807) is 6.08 Å². The van der Waals surface area contributed by atoms with E-state index in [-0.39, 0.29) is 18.5 Å². The monoisotopic (exact) mass is 1010 g/mol. The summed E-state index contributed by atoms with van der Waals surface area (Å²) in [4.78, 5) is 24.6. The number of aliphatic hydroxyl groups excluding tert-OH is 2. The molecule has 0 aliphatic carbocycles. The topological polar surface area (TPSA) is 95.9 Å². The zero-order chi connectivity index (χ0) is 52.2. The lowest BCUT2D eigenvalue weighted by Gasteiger charge is -2.20.